The number of aliphatic hydroxyl groups is 1. The number of hydrogen-bond donors (Lipinski definition) is 2. The van der Waals surface area contributed by atoms with Crippen LogP contribution in [0.1, 0.15) is 17.5 Å². The molecule has 2 aromatic heterocycles. The van der Waals surface area contributed by atoms with Crippen molar-refractivity contribution in [3.8, 4) is 0 Å². The fourth-order valence-corrected chi connectivity index (χ4v) is 2.99. The standard InChI is InChI=1S/C18H17N3O2S/c1-18(23,16-7-4-10-24-16)12-20-17(22)9-8-13-11-19-14-5-2-3-6-15(14)21-13/h2-11,23H,12H2,1H3,(H,20,22)/b9-8+/t18-/m1/s1. The van der Waals surface area contributed by atoms with Gasteiger partial charge in [0.1, 0.15) is 5.60 Å². The van der Waals surface area contributed by atoms with Crippen molar-refractivity contribution in [2.75, 3.05) is 6.54 Å². The van der Waals surface area contributed by atoms with Crippen LogP contribution in [0.25, 0.3) is 17.1 Å². The summed E-state index contributed by atoms with van der Waals surface area (Å²) in [6.07, 6.45) is 4.62. The zero-order chi connectivity index (χ0) is 17.0. The molecule has 1 amide bonds. The summed E-state index contributed by atoms with van der Waals surface area (Å²) in [5.41, 5.74) is 1.11. The average Bonchev–Trinajstić information content (AvgIpc) is 3.13. The smallest absolute Gasteiger partial charge is 0.244 e. The van der Waals surface area contributed by atoms with E-state index in [1.165, 1.54) is 17.4 Å². The van der Waals surface area contributed by atoms with E-state index < -0.39 is 5.60 Å². The third-order valence-electron chi connectivity index (χ3n) is 3.53. The second-order valence-electron chi connectivity index (χ2n) is 5.59. The minimum absolute atomic E-state index is 0.139. The summed E-state index contributed by atoms with van der Waals surface area (Å²) in [5, 5.41) is 15.0. The summed E-state index contributed by atoms with van der Waals surface area (Å²) >= 11 is 1.46. The number of hydrogen-bond acceptors (Lipinski definition) is 5. The lowest BCUT2D eigenvalue weighted by atomic mass is 10.1. The molecule has 3 aromatic rings. The Morgan fingerprint density at radius 3 is 2.83 bits per heavy atom. The minimum atomic E-state index is -1.08. The van der Waals surface area contributed by atoms with Crippen LogP contribution in [0.5, 0.6) is 0 Å². The van der Waals surface area contributed by atoms with Gasteiger partial charge in [-0.15, -0.1) is 11.3 Å². The Balaban J connectivity index is 1.62. The number of para-hydroxylation sites is 2. The average molecular weight is 339 g/mol. The van der Waals surface area contributed by atoms with Crippen LogP contribution in [0.4, 0.5) is 0 Å². The van der Waals surface area contributed by atoms with Crippen molar-refractivity contribution in [2.45, 2.75) is 12.5 Å². The first kappa shape index (κ1) is 16.3. The van der Waals surface area contributed by atoms with Crippen LogP contribution in [0.2, 0.25) is 0 Å². The predicted octanol–water partition coefficient (Wildman–Crippen LogP) is 2.73. The zero-order valence-electron chi connectivity index (χ0n) is 13.1. The van der Waals surface area contributed by atoms with E-state index in [1.807, 2.05) is 41.8 Å². The number of benzene rings is 1. The highest BCUT2D eigenvalue weighted by Gasteiger charge is 2.24. The van der Waals surface area contributed by atoms with Gasteiger partial charge >= 0.3 is 0 Å². The molecule has 0 radical (unpaired) electrons. The van der Waals surface area contributed by atoms with Crippen molar-refractivity contribution in [1.82, 2.24) is 15.3 Å². The third kappa shape index (κ3) is 3.84. The van der Waals surface area contributed by atoms with Crippen LogP contribution in [-0.4, -0.2) is 27.5 Å². The Kier molecular flexibility index (Phi) is 4.69. The molecule has 0 aliphatic rings. The largest absolute Gasteiger partial charge is 0.383 e. The van der Waals surface area contributed by atoms with Crippen molar-refractivity contribution in [3.63, 3.8) is 0 Å². The number of fused-ring (bicyclic) bond motifs is 1. The number of carbonyl (C=O) groups excluding carboxylic acids is 1. The number of amides is 1. The molecule has 3 rings (SSSR count). The lowest BCUT2D eigenvalue weighted by Crippen LogP contribution is -2.37. The molecule has 1 atom stereocenters. The van der Waals surface area contributed by atoms with Gasteiger partial charge in [-0.1, -0.05) is 18.2 Å². The predicted molar refractivity (Wildman–Crippen MR) is 95.5 cm³/mol. The van der Waals surface area contributed by atoms with Crippen LogP contribution in [0.15, 0.2) is 54.1 Å². The number of carbonyl (C=O) groups is 1. The molecule has 5 nitrogen and oxygen atoms in total. The molecule has 1 aromatic carbocycles. The van der Waals surface area contributed by atoms with Gasteiger partial charge in [0.2, 0.25) is 5.91 Å². The van der Waals surface area contributed by atoms with E-state index in [2.05, 4.69) is 15.3 Å². The fraction of sp³-hybridized carbons (Fsp3) is 0.167. The molecular weight excluding hydrogens is 322 g/mol. The van der Waals surface area contributed by atoms with Crippen molar-refractivity contribution in [1.29, 1.82) is 0 Å². The summed E-state index contributed by atoms with van der Waals surface area (Å²) in [7, 11) is 0. The second kappa shape index (κ2) is 6.90. The highest BCUT2D eigenvalue weighted by molar-refractivity contribution is 7.10. The molecule has 2 heterocycles. The highest BCUT2D eigenvalue weighted by Crippen LogP contribution is 2.24. The second-order valence-corrected chi connectivity index (χ2v) is 6.53. The van der Waals surface area contributed by atoms with Gasteiger partial charge in [0, 0.05) is 11.0 Å². The lowest BCUT2D eigenvalue weighted by molar-refractivity contribution is -0.117. The normalized spacial score (nSPS) is 13.9. The summed E-state index contributed by atoms with van der Waals surface area (Å²) in [5.74, 6) is -0.290. The van der Waals surface area contributed by atoms with E-state index in [-0.39, 0.29) is 12.5 Å². The van der Waals surface area contributed by atoms with Gasteiger partial charge in [-0.3, -0.25) is 9.78 Å². The van der Waals surface area contributed by atoms with E-state index in [0.717, 1.165) is 15.9 Å². The molecule has 6 heteroatoms. The van der Waals surface area contributed by atoms with Gasteiger partial charge in [0.05, 0.1) is 29.5 Å². The summed E-state index contributed by atoms with van der Waals surface area (Å²) in [4.78, 5) is 21.5. The lowest BCUT2D eigenvalue weighted by Gasteiger charge is -2.21. The maximum absolute atomic E-state index is 11.9. The maximum Gasteiger partial charge on any atom is 0.244 e. The summed E-state index contributed by atoms with van der Waals surface area (Å²) in [6, 6.07) is 11.3. The Morgan fingerprint density at radius 2 is 2.08 bits per heavy atom. The molecule has 0 fully saturated rings. The van der Waals surface area contributed by atoms with E-state index in [9.17, 15) is 9.90 Å². The first-order valence-electron chi connectivity index (χ1n) is 7.49. The monoisotopic (exact) mass is 339 g/mol. The Bertz CT molecular complexity index is 873. The van der Waals surface area contributed by atoms with Crippen LogP contribution in [-0.2, 0) is 10.4 Å². The van der Waals surface area contributed by atoms with Gasteiger partial charge in [0.15, 0.2) is 0 Å². The van der Waals surface area contributed by atoms with Crippen molar-refractivity contribution >= 4 is 34.4 Å². The molecule has 0 aliphatic heterocycles. The van der Waals surface area contributed by atoms with Gasteiger partial charge in [-0.2, -0.15) is 0 Å². The van der Waals surface area contributed by atoms with Crippen LogP contribution in [0.3, 0.4) is 0 Å². The highest BCUT2D eigenvalue weighted by atomic mass is 32.1. The molecule has 2 N–H and O–H groups in total. The quantitative estimate of drug-likeness (QED) is 0.701. The molecule has 122 valence electrons. The van der Waals surface area contributed by atoms with Gasteiger partial charge in [-0.05, 0) is 36.6 Å². The topological polar surface area (TPSA) is 75.1 Å². The van der Waals surface area contributed by atoms with Crippen LogP contribution >= 0.6 is 11.3 Å². The molecule has 24 heavy (non-hydrogen) atoms. The SMILES string of the molecule is C[C@@](O)(CNC(=O)/C=C/c1cnc2ccccc2n1)c1cccs1. The van der Waals surface area contributed by atoms with Gasteiger partial charge < -0.3 is 10.4 Å². The van der Waals surface area contributed by atoms with Crippen molar-refractivity contribution in [3.05, 3.63) is 64.6 Å². The first-order valence-corrected chi connectivity index (χ1v) is 8.37. The molecule has 0 aliphatic carbocycles. The summed E-state index contributed by atoms with van der Waals surface area (Å²) < 4.78 is 0. The number of nitrogens with zero attached hydrogens (tertiary/aromatic N) is 2. The van der Waals surface area contributed by atoms with E-state index in [1.54, 1.807) is 19.2 Å². The van der Waals surface area contributed by atoms with Crippen molar-refractivity contribution in [2.24, 2.45) is 0 Å². The molecule has 0 unspecified atom stereocenters. The zero-order valence-corrected chi connectivity index (χ0v) is 14.0. The van der Waals surface area contributed by atoms with E-state index in [0.29, 0.717) is 5.69 Å². The number of nitrogens with one attached hydrogen (secondary N) is 1. The molecule has 0 spiro atoms. The Morgan fingerprint density at radius 1 is 1.29 bits per heavy atom. The fourth-order valence-electron chi connectivity index (χ4n) is 2.20. The number of thiophene rings is 1. The Hall–Kier alpha value is -2.57. The first-order chi connectivity index (χ1) is 11.5. The molecule has 0 saturated carbocycles. The number of rotatable bonds is 5. The maximum atomic E-state index is 11.9. The molecule has 0 saturated heterocycles. The molecule has 0 bridgehead atoms. The summed E-state index contributed by atoms with van der Waals surface area (Å²) in [6.45, 7) is 1.82. The van der Waals surface area contributed by atoms with Crippen LogP contribution < -0.4 is 5.32 Å². The van der Waals surface area contributed by atoms with Gasteiger partial charge in [0.25, 0.3) is 0 Å². The minimum Gasteiger partial charge on any atom is -0.383 e. The Labute approximate surface area is 143 Å². The molecular formula is C18H17N3O2S. The van der Waals surface area contributed by atoms with Gasteiger partial charge in [-0.25, -0.2) is 4.98 Å². The van der Waals surface area contributed by atoms with E-state index in [4.69, 9.17) is 0 Å². The van der Waals surface area contributed by atoms with E-state index >= 15 is 0 Å². The van der Waals surface area contributed by atoms with Crippen molar-refractivity contribution < 1.29 is 9.90 Å². The third-order valence-corrected chi connectivity index (χ3v) is 4.65. The van der Waals surface area contributed by atoms with Crippen LogP contribution in [0, 0.1) is 0 Å². The number of aromatic nitrogens is 2.